The molecule has 1 amide bonds. The Labute approximate surface area is 173 Å². The molecule has 3 aromatic rings. The summed E-state index contributed by atoms with van der Waals surface area (Å²) < 4.78 is 7.01. The topological polar surface area (TPSA) is 77.1 Å². The molecule has 1 aromatic carbocycles. The van der Waals surface area contributed by atoms with Crippen molar-refractivity contribution in [1.29, 1.82) is 0 Å². The normalized spacial score (nSPS) is 19.3. The molecule has 1 saturated carbocycles. The fourth-order valence-corrected chi connectivity index (χ4v) is 4.67. The first kappa shape index (κ1) is 19.8. The minimum Gasteiger partial charge on any atom is -0.467 e. The van der Waals surface area contributed by atoms with E-state index in [1.165, 1.54) is 18.2 Å². The number of carbonyl (C=O) groups is 1. The van der Waals surface area contributed by atoms with Gasteiger partial charge in [0.15, 0.2) is 5.16 Å². The molecule has 1 aliphatic rings. The first-order valence-electron chi connectivity index (χ1n) is 10.1. The molecule has 2 heterocycles. The third kappa shape index (κ3) is 4.56. The molecule has 0 saturated heterocycles. The van der Waals surface area contributed by atoms with Gasteiger partial charge in [0.05, 0.1) is 29.5 Å². The summed E-state index contributed by atoms with van der Waals surface area (Å²) in [6.07, 6.45) is 6.18. The molecule has 1 N–H and O–H groups in total. The number of carbonyl (C=O) groups excluding carboxylic acids is 1. The average Bonchev–Trinajstić information content (AvgIpc) is 3.24. The lowest BCUT2D eigenvalue weighted by Gasteiger charge is -2.29. The molecule has 0 bridgehead atoms. The molecule has 1 fully saturated rings. The van der Waals surface area contributed by atoms with E-state index in [1.807, 2.05) is 24.3 Å². The van der Waals surface area contributed by atoms with Gasteiger partial charge in [-0.05, 0) is 43.0 Å². The monoisotopic (exact) mass is 411 g/mol. The summed E-state index contributed by atoms with van der Waals surface area (Å²) in [4.78, 5) is 30.2. The summed E-state index contributed by atoms with van der Waals surface area (Å²) >= 11 is 1.29. The lowest BCUT2D eigenvalue weighted by atomic mass is 9.86. The van der Waals surface area contributed by atoms with Gasteiger partial charge in [0.1, 0.15) is 5.76 Å². The van der Waals surface area contributed by atoms with Gasteiger partial charge in [-0.2, -0.15) is 0 Å². The molecule has 6 nitrogen and oxygen atoms in total. The Kier molecular flexibility index (Phi) is 6.04. The number of hydrogen-bond acceptors (Lipinski definition) is 5. The largest absolute Gasteiger partial charge is 0.467 e. The van der Waals surface area contributed by atoms with Crippen molar-refractivity contribution in [2.75, 3.05) is 5.75 Å². The first-order valence-corrected chi connectivity index (χ1v) is 11.0. The minimum atomic E-state index is -0.129. The second-order valence-corrected chi connectivity index (χ2v) is 8.55. The Morgan fingerprint density at radius 2 is 2.07 bits per heavy atom. The van der Waals surface area contributed by atoms with Gasteiger partial charge >= 0.3 is 0 Å². The van der Waals surface area contributed by atoms with Crippen LogP contribution in [0, 0.1) is 5.92 Å². The summed E-state index contributed by atoms with van der Waals surface area (Å²) in [6, 6.07) is 11.1. The maximum atomic E-state index is 13.0. The van der Waals surface area contributed by atoms with Gasteiger partial charge in [0.25, 0.3) is 5.56 Å². The van der Waals surface area contributed by atoms with E-state index in [4.69, 9.17) is 4.42 Å². The molecule has 0 aliphatic heterocycles. The van der Waals surface area contributed by atoms with Gasteiger partial charge < -0.3 is 9.73 Å². The Morgan fingerprint density at radius 3 is 2.86 bits per heavy atom. The average molecular weight is 412 g/mol. The van der Waals surface area contributed by atoms with E-state index >= 15 is 0 Å². The van der Waals surface area contributed by atoms with Crippen LogP contribution >= 0.6 is 11.8 Å². The fraction of sp³-hybridized carbons (Fsp3) is 0.409. The number of amides is 1. The number of furan rings is 1. The number of nitrogens with one attached hydrogen (secondary N) is 1. The van der Waals surface area contributed by atoms with Gasteiger partial charge in [-0.1, -0.05) is 43.7 Å². The molecule has 29 heavy (non-hydrogen) atoms. The summed E-state index contributed by atoms with van der Waals surface area (Å²) in [5.74, 6) is 1.40. The third-order valence-corrected chi connectivity index (χ3v) is 6.49. The van der Waals surface area contributed by atoms with E-state index < -0.39 is 0 Å². The zero-order chi connectivity index (χ0) is 20.2. The molecule has 7 heteroatoms. The predicted octanol–water partition coefficient (Wildman–Crippen LogP) is 3.82. The van der Waals surface area contributed by atoms with Crippen LogP contribution in [0.4, 0.5) is 0 Å². The minimum absolute atomic E-state index is 0.0132. The molecule has 2 aromatic heterocycles. The number of nitrogens with zero attached hydrogens (tertiary/aromatic N) is 2. The zero-order valence-corrected chi connectivity index (χ0v) is 17.3. The SMILES string of the molecule is C[C@H]1CCCC[C@@H]1NC(=O)CSc1nc2ccccc2c(=O)n1Cc1ccco1. The van der Waals surface area contributed by atoms with E-state index in [0.717, 1.165) is 19.3 Å². The highest BCUT2D eigenvalue weighted by Gasteiger charge is 2.23. The van der Waals surface area contributed by atoms with E-state index in [2.05, 4.69) is 17.2 Å². The van der Waals surface area contributed by atoms with E-state index in [0.29, 0.717) is 27.7 Å². The van der Waals surface area contributed by atoms with Crippen molar-refractivity contribution < 1.29 is 9.21 Å². The maximum absolute atomic E-state index is 13.0. The second-order valence-electron chi connectivity index (χ2n) is 7.61. The van der Waals surface area contributed by atoms with E-state index in [-0.39, 0.29) is 29.8 Å². The molecule has 0 radical (unpaired) electrons. The van der Waals surface area contributed by atoms with Crippen molar-refractivity contribution in [3.05, 3.63) is 58.8 Å². The highest BCUT2D eigenvalue weighted by molar-refractivity contribution is 7.99. The highest BCUT2D eigenvalue weighted by Crippen LogP contribution is 2.24. The zero-order valence-electron chi connectivity index (χ0n) is 16.5. The number of thioether (sulfide) groups is 1. The lowest BCUT2D eigenvalue weighted by Crippen LogP contribution is -2.42. The summed E-state index contributed by atoms with van der Waals surface area (Å²) in [7, 11) is 0. The Morgan fingerprint density at radius 1 is 1.24 bits per heavy atom. The van der Waals surface area contributed by atoms with Crippen LogP contribution in [0.25, 0.3) is 10.9 Å². The fourth-order valence-electron chi connectivity index (χ4n) is 3.86. The molecule has 4 rings (SSSR count). The Bertz CT molecular complexity index is 1050. The molecule has 0 unspecified atom stereocenters. The van der Waals surface area contributed by atoms with Crippen LogP contribution in [0.1, 0.15) is 38.4 Å². The standard InChI is InChI=1S/C22H25N3O3S/c1-15-7-2-4-10-18(15)23-20(26)14-29-22-24-19-11-5-3-9-17(19)21(27)25(22)13-16-8-6-12-28-16/h3,5-6,8-9,11-12,15,18H,2,4,7,10,13-14H2,1H3,(H,23,26)/t15-,18-/m0/s1. The first-order chi connectivity index (χ1) is 14.1. The Balaban J connectivity index is 1.55. The summed E-state index contributed by atoms with van der Waals surface area (Å²) in [6.45, 7) is 2.48. The van der Waals surface area contributed by atoms with Crippen LogP contribution in [0.3, 0.4) is 0 Å². The number of benzene rings is 1. The molecular formula is C22H25N3O3S. The van der Waals surface area contributed by atoms with Crippen molar-refractivity contribution in [1.82, 2.24) is 14.9 Å². The molecular weight excluding hydrogens is 386 g/mol. The summed E-state index contributed by atoms with van der Waals surface area (Å²) in [5.41, 5.74) is 0.507. The quantitative estimate of drug-likeness (QED) is 0.493. The molecule has 0 spiro atoms. The van der Waals surface area contributed by atoms with Crippen LogP contribution in [-0.2, 0) is 11.3 Å². The van der Waals surface area contributed by atoms with Crippen molar-refractivity contribution in [3.63, 3.8) is 0 Å². The van der Waals surface area contributed by atoms with Crippen molar-refractivity contribution in [2.24, 2.45) is 5.92 Å². The van der Waals surface area contributed by atoms with Gasteiger partial charge in [-0.15, -0.1) is 0 Å². The van der Waals surface area contributed by atoms with Gasteiger partial charge in [0.2, 0.25) is 5.91 Å². The van der Waals surface area contributed by atoms with E-state index in [1.54, 1.807) is 23.0 Å². The van der Waals surface area contributed by atoms with E-state index in [9.17, 15) is 9.59 Å². The van der Waals surface area contributed by atoms with Crippen molar-refractivity contribution in [3.8, 4) is 0 Å². The molecule has 2 atom stereocenters. The van der Waals surface area contributed by atoms with Crippen LogP contribution < -0.4 is 10.9 Å². The maximum Gasteiger partial charge on any atom is 0.262 e. The van der Waals surface area contributed by atoms with Gasteiger partial charge in [-0.3, -0.25) is 14.2 Å². The lowest BCUT2D eigenvalue weighted by molar-refractivity contribution is -0.119. The van der Waals surface area contributed by atoms with Crippen LogP contribution in [0.15, 0.2) is 57.0 Å². The number of aromatic nitrogens is 2. The van der Waals surface area contributed by atoms with Crippen LogP contribution in [0.2, 0.25) is 0 Å². The third-order valence-electron chi connectivity index (χ3n) is 5.51. The predicted molar refractivity (Wildman–Crippen MR) is 114 cm³/mol. The molecule has 152 valence electrons. The number of para-hydroxylation sites is 1. The van der Waals surface area contributed by atoms with Crippen molar-refractivity contribution >= 4 is 28.6 Å². The van der Waals surface area contributed by atoms with Crippen LogP contribution in [-0.4, -0.2) is 27.3 Å². The van der Waals surface area contributed by atoms with Gasteiger partial charge in [0, 0.05) is 6.04 Å². The molecule has 1 aliphatic carbocycles. The Hall–Kier alpha value is -2.54. The number of fused-ring (bicyclic) bond motifs is 1. The van der Waals surface area contributed by atoms with Crippen LogP contribution in [0.5, 0.6) is 0 Å². The summed E-state index contributed by atoms with van der Waals surface area (Å²) in [5, 5.41) is 4.25. The number of rotatable bonds is 6. The highest BCUT2D eigenvalue weighted by atomic mass is 32.2. The second kappa shape index (κ2) is 8.86. The smallest absolute Gasteiger partial charge is 0.262 e. The number of hydrogen-bond donors (Lipinski definition) is 1. The van der Waals surface area contributed by atoms with Gasteiger partial charge in [-0.25, -0.2) is 4.98 Å². The van der Waals surface area contributed by atoms with Crippen molar-refractivity contribution in [2.45, 2.75) is 50.4 Å².